The maximum absolute atomic E-state index is 11.9. The molecule has 0 unspecified atom stereocenters. The lowest BCUT2D eigenvalue weighted by Crippen LogP contribution is -2.40. The van der Waals surface area contributed by atoms with Gasteiger partial charge in [0.25, 0.3) is 0 Å². The lowest BCUT2D eigenvalue weighted by molar-refractivity contribution is -0.122. The third-order valence-corrected chi connectivity index (χ3v) is 5.44. The van der Waals surface area contributed by atoms with Gasteiger partial charge in [0, 0.05) is 6.42 Å². The first kappa shape index (κ1) is 26.8. The number of carbonyl (C=O) groups excluding carboxylic acids is 1. The van der Waals surface area contributed by atoms with Crippen LogP contribution in [0, 0.1) is 0 Å². The van der Waals surface area contributed by atoms with E-state index in [1.165, 1.54) is 36.8 Å². The molecule has 1 aromatic carbocycles. The van der Waals surface area contributed by atoms with Crippen LogP contribution in [0.1, 0.15) is 75.8 Å². The maximum Gasteiger partial charge on any atom is 0.469 e. The Kier molecular flexibility index (Phi) is 13.9. The summed E-state index contributed by atoms with van der Waals surface area (Å²) in [6, 6.07) is 8.09. The molecular formula is C22H38NO6P. The van der Waals surface area contributed by atoms with E-state index in [1.807, 2.05) is 0 Å². The molecule has 0 aliphatic heterocycles. The largest absolute Gasteiger partial charge is 0.469 e. The summed E-state index contributed by atoms with van der Waals surface area (Å²) in [5.74, 6) is -0.244. The van der Waals surface area contributed by atoms with Crippen molar-refractivity contribution in [3.8, 4) is 0 Å². The van der Waals surface area contributed by atoms with Gasteiger partial charge in [-0.3, -0.25) is 9.32 Å². The molecule has 0 fully saturated rings. The Morgan fingerprint density at radius 2 is 1.63 bits per heavy atom. The zero-order chi connectivity index (χ0) is 22.2. The number of phosphoric acid groups is 1. The Hall–Kier alpha value is -1.24. The molecule has 8 heteroatoms. The molecule has 0 aromatic heterocycles. The molecule has 172 valence electrons. The lowest BCUT2D eigenvalue weighted by Gasteiger charge is -2.16. The number of hydrogen-bond acceptors (Lipinski definition) is 4. The number of aliphatic hydroxyl groups excluding tert-OH is 1. The van der Waals surface area contributed by atoms with E-state index in [1.54, 1.807) is 0 Å². The molecule has 0 spiro atoms. The third kappa shape index (κ3) is 13.9. The number of nitrogens with one attached hydrogen (secondary N) is 1. The van der Waals surface area contributed by atoms with Crippen molar-refractivity contribution in [3.05, 3.63) is 35.4 Å². The third-order valence-electron chi connectivity index (χ3n) is 4.96. The fraction of sp³-hybridized carbons (Fsp3) is 0.682. The minimum Gasteiger partial charge on any atom is -0.394 e. The quantitative estimate of drug-likeness (QED) is 0.214. The van der Waals surface area contributed by atoms with Crippen LogP contribution in [-0.4, -0.2) is 40.1 Å². The summed E-state index contributed by atoms with van der Waals surface area (Å²) in [6.45, 7) is 1.36. The molecule has 0 aliphatic rings. The highest BCUT2D eigenvalue weighted by atomic mass is 31.2. The van der Waals surface area contributed by atoms with Gasteiger partial charge in [0.2, 0.25) is 5.91 Å². The second kappa shape index (κ2) is 15.5. The van der Waals surface area contributed by atoms with Crippen LogP contribution < -0.4 is 5.32 Å². The summed E-state index contributed by atoms with van der Waals surface area (Å²) < 4.78 is 15.0. The van der Waals surface area contributed by atoms with Gasteiger partial charge in [-0.05, 0) is 43.2 Å². The van der Waals surface area contributed by atoms with Gasteiger partial charge in [0.1, 0.15) is 0 Å². The predicted octanol–water partition coefficient (Wildman–Crippen LogP) is 3.89. The number of benzene rings is 1. The van der Waals surface area contributed by atoms with E-state index in [-0.39, 0.29) is 5.91 Å². The van der Waals surface area contributed by atoms with E-state index < -0.39 is 27.1 Å². The summed E-state index contributed by atoms with van der Waals surface area (Å²) in [5, 5.41) is 11.7. The van der Waals surface area contributed by atoms with Crippen LogP contribution >= 0.6 is 7.82 Å². The minimum absolute atomic E-state index is 0.244. The molecule has 1 atom stereocenters. The van der Waals surface area contributed by atoms with Crippen molar-refractivity contribution in [1.29, 1.82) is 0 Å². The van der Waals surface area contributed by atoms with Crippen molar-refractivity contribution in [2.45, 2.75) is 83.6 Å². The fourth-order valence-corrected chi connectivity index (χ4v) is 3.64. The minimum atomic E-state index is -4.61. The lowest BCUT2D eigenvalue weighted by atomic mass is 10.0. The second-order valence-corrected chi connectivity index (χ2v) is 9.02. The number of aliphatic hydroxyl groups is 1. The van der Waals surface area contributed by atoms with Crippen molar-refractivity contribution in [2.24, 2.45) is 0 Å². The molecule has 0 radical (unpaired) electrons. The van der Waals surface area contributed by atoms with Crippen molar-refractivity contribution in [2.75, 3.05) is 13.2 Å². The van der Waals surface area contributed by atoms with E-state index in [9.17, 15) is 9.36 Å². The number of phosphoric ester groups is 1. The molecule has 0 heterocycles. The maximum atomic E-state index is 11.9. The van der Waals surface area contributed by atoms with Crippen molar-refractivity contribution < 1.29 is 28.8 Å². The van der Waals surface area contributed by atoms with Crippen LogP contribution in [0.3, 0.4) is 0 Å². The Morgan fingerprint density at radius 1 is 1.03 bits per heavy atom. The second-order valence-electron chi connectivity index (χ2n) is 7.78. The van der Waals surface area contributed by atoms with Crippen LogP contribution in [0.15, 0.2) is 24.3 Å². The Morgan fingerprint density at radius 3 is 2.23 bits per heavy atom. The van der Waals surface area contributed by atoms with Crippen molar-refractivity contribution >= 4 is 13.7 Å². The Labute approximate surface area is 180 Å². The average Bonchev–Trinajstić information content (AvgIpc) is 2.71. The number of amides is 1. The van der Waals surface area contributed by atoms with Gasteiger partial charge in [-0.15, -0.1) is 0 Å². The SMILES string of the molecule is CCCCc1cccc(CCCCCCCCC(=O)N[C@H](CO)COP(=O)(O)O)c1. The number of hydrogen-bond donors (Lipinski definition) is 4. The molecule has 0 bridgehead atoms. The van der Waals surface area contributed by atoms with Gasteiger partial charge in [-0.2, -0.15) is 0 Å². The summed E-state index contributed by atoms with van der Waals surface area (Å²) >= 11 is 0. The molecule has 7 nitrogen and oxygen atoms in total. The van der Waals surface area contributed by atoms with Crippen LogP contribution in [-0.2, 0) is 26.7 Å². The standard InChI is InChI=1S/C22H38NO6P/c1-2-3-11-19-13-10-14-20(16-19)12-8-6-4-5-7-9-15-22(25)23-21(17-24)18-29-30(26,27)28/h10,13-14,16,21,24H,2-9,11-12,15,17-18H2,1H3,(H,23,25)(H2,26,27,28)/t21-/m1/s1. The summed E-state index contributed by atoms with van der Waals surface area (Å²) in [5.41, 5.74) is 2.85. The zero-order valence-corrected chi connectivity index (χ0v) is 19.0. The molecule has 1 rings (SSSR count). The van der Waals surface area contributed by atoms with Gasteiger partial charge in [0.15, 0.2) is 0 Å². The smallest absolute Gasteiger partial charge is 0.394 e. The van der Waals surface area contributed by atoms with Crippen LogP contribution in [0.4, 0.5) is 0 Å². The fourth-order valence-electron chi connectivity index (χ4n) is 3.27. The van der Waals surface area contributed by atoms with Crippen molar-refractivity contribution in [1.82, 2.24) is 5.32 Å². The highest BCUT2D eigenvalue weighted by Gasteiger charge is 2.19. The average molecular weight is 444 g/mol. The monoisotopic (exact) mass is 443 g/mol. The van der Waals surface area contributed by atoms with E-state index in [0.717, 1.165) is 38.5 Å². The van der Waals surface area contributed by atoms with Crippen LogP contribution in [0.5, 0.6) is 0 Å². The first-order valence-corrected chi connectivity index (χ1v) is 12.5. The first-order valence-electron chi connectivity index (χ1n) is 11.0. The van der Waals surface area contributed by atoms with Crippen LogP contribution in [0.2, 0.25) is 0 Å². The number of rotatable bonds is 17. The number of carbonyl (C=O) groups is 1. The van der Waals surface area contributed by atoms with E-state index >= 15 is 0 Å². The summed E-state index contributed by atoms with van der Waals surface area (Å²) in [6.07, 6.45) is 11.4. The van der Waals surface area contributed by atoms with Crippen molar-refractivity contribution in [3.63, 3.8) is 0 Å². The summed E-state index contributed by atoms with van der Waals surface area (Å²) in [4.78, 5) is 29.2. The Bertz CT molecular complexity index is 648. The van der Waals surface area contributed by atoms with E-state index in [0.29, 0.717) is 6.42 Å². The summed E-state index contributed by atoms with van der Waals surface area (Å²) in [7, 11) is -4.61. The Balaban J connectivity index is 2.07. The van der Waals surface area contributed by atoms with Gasteiger partial charge < -0.3 is 20.2 Å². The predicted molar refractivity (Wildman–Crippen MR) is 118 cm³/mol. The molecule has 0 saturated heterocycles. The highest BCUT2D eigenvalue weighted by molar-refractivity contribution is 7.46. The highest BCUT2D eigenvalue weighted by Crippen LogP contribution is 2.35. The molecule has 1 amide bonds. The molecule has 30 heavy (non-hydrogen) atoms. The van der Waals surface area contributed by atoms with E-state index in [2.05, 4.69) is 41.0 Å². The molecule has 4 N–H and O–H groups in total. The molecule has 0 saturated carbocycles. The van der Waals surface area contributed by atoms with E-state index in [4.69, 9.17) is 14.9 Å². The number of unbranched alkanes of at least 4 members (excludes halogenated alkanes) is 6. The van der Waals surface area contributed by atoms with Gasteiger partial charge in [-0.1, -0.05) is 63.3 Å². The van der Waals surface area contributed by atoms with Gasteiger partial charge >= 0.3 is 7.82 Å². The molecule has 0 aliphatic carbocycles. The normalized spacial score (nSPS) is 12.7. The molecular weight excluding hydrogens is 405 g/mol. The van der Waals surface area contributed by atoms with Gasteiger partial charge in [0.05, 0.1) is 19.3 Å². The van der Waals surface area contributed by atoms with Gasteiger partial charge in [-0.25, -0.2) is 4.57 Å². The number of aryl methyl sites for hydroxylation is 2. The van der Waals surface area contributed by atoms with Crippen LogP contribution in [0.25, 0.3) is 0 Å². The topological polar surface area (TPSA) is 116 Å². The zero-order valence-electron chi connectivity index (χ0n) is 18.1. The molecule has 1 aromatic rings. The first-order chi connectivity index (χ1) is 14.3.